The number of carbonyl (C=O) groups excluding carboxylic acids is 1. The maximum Gasteiger partial charge on any atom is 0.226 e. The number of hydrogen-bond acceptors (Lipinski definition) is 4. The molecule has 1 atom stereocenters. The lowest BCUT2D eigenvalue weighted by atomic mass is 10.1. The number of imidazole rings is 1. The third kappa shape index (κ3) is 3.73. The second-order valence-electron chi connectivity index (χ2n) is 5.76. The van der Waals surface area contributed by atoms with Crippen LogP contribution in [0, 0.1) is 5.82 Å². The van der Waals surface area contributed by atoms with Crippen molar-refractivity contribution in [2.24, 2.45) is 7.05 Å². The zero-order chi connectivity index (χ0) is 16.9. The van der Waals surface area contributed by atoms with E-state index in [0.29, 0.717) is 18.8 Å². The van der Waals surface area contributed by atoms with Crippen molar-refractivity contribution < 1.29 is 13.9 Å². The minimum Gasteiger partial charge on any atom is -0.493 e. The molecule has 6 nitrogen and oxygen atoms in total. The van der Waals surface area contributed by atoms with Crippen LogP contribution in [0.5, 0.6) is 5.75 Å². The summed E-state index contributed by atoms with van der Waals surface area (Å²) >= 11 is 0. The highest BCUT2D eigenvalue weighted by Crippen LogP contribution is 2.21. The minimum absolute atomic E-state index is 0.0339. The molecule has 128 valence electrons. The summed E-state index contributed by atoms with van der Waals surface area (Å²) in [6, 6.07) is 5.72. The maximum atomic E-state index is 12.9. The Morgan fingerprint density at radius 1 is 1.42 bits per heavy atom. The zero-order valence-electron chi connectivity index (χ0n) is 13.6. The number of halogens is 1. The van der Waals surface area contributed by atoms with Gasteiger partial charge in [-0.2, -0.15) is 0 Å². The number of aryl methyl sites for hydroxylation is 1. The van der Waals surface area contributed by atoms with Crippen molar-refractivity contribution in [3.05, 3.63) is 48.3 Å². The van der Waals surface area contributed by atoms with Crippen LogP contribution >= 0.6 is 0 Å². The molecule has 1 aliphatic heterocycles. The van der Waals surface area contributed by atoms with Gasteiger partial charge in [0.15, 0.2) is 0 Å². The van der Waals surface area contributed by atoms with E-state index in [0.717, 1.165) is 12.4 Å². The van der Waals surface area contributed by atoms with Gasteiger partial charge in [-0.15, -0.1) is 0 Å². The van der Waals surface area contributed by atoms with Gasteiger partial charge in [0.05, 0.1) is 13.0 Å². The Bertz CT molecular complexity index is 686. The molecule has 0 spiro atoms. The molecule has 7 heteroatoms. The first kappa shape index (κ1) is 16.4. The lowest BCUT2D eigenvalue weighted by Crippen LogP contribution is -2.49. The molecule has 0 aliphatic carbocycles. The number of carbonyl (C=O) groups is 1. The zero-order valence-corrected chi connectivity index (χ0v) is 13.6. The molecule has 2 heterocycles. The van der Waals surface area contributed by atoms with Crippen molar-refractivity contribution in [2.75, 3.05) is 26.2 Å². The lowest BCUT2D eigenvalue weighted by molar-refractivity contribution is -0.135. The van der Waals surface area contributed by atoms with Crippen LogP contribution in [0.4, 0.5) is 4.39 Å². The largest absolute Gasteiger partial charge is 0.493 e. The number of hydrogen-bond donors (Lipinski definition) is 1. The molecule has 0 radical (unpaired) electrons. The Kier molecular flexibility index (Phi) is 5.10. The second kappa shape index (κ2) is 7.44. The van der Waals surface area contributed by atoms with Crippen LogP contribution in [-0.4, -0.2) is 46.6 Å². The number of nitrogens with one attached hydrogen (secondary N) is 1. The second-order valence-corrected chi connectivity index (χ2v) is 5.76. The van der Waals surface area contributed by atoms with Gasteiger partial charge >= 0.3 is 0 Å². The summed E-state index contributed by atoms with van der Waals surface area (Å²) < 4.78 is 20.3. The van der Waals surface area contributed by atoms with E-state index in [1.165, 1.54) is 12.1 Å². The molecule has 3 rings (SSSR count). The van der Waals surface area contributed by atoms with Crippen molar-refractivity contribution in [3.63, 3.8) is 0 Å². The third-order valence-corrected chi connectivity index (χ3v) is 4.12. The molecule has 1 aromatic heterocycles. The topological polar surface area (TPSA) is 59.4 Å². The first-order valence-electron chi connectivity index (χ1n) is 8.01. The summed E-state index contributed by atoms with van der Waals surface area (Å²) in [6.07, 6.45) is 3.90. The highest BCUT2D eigenvalue weighted by atomic mass is 19.1. The van der Waals surface area contributed by atoms with Gasteiger partial charge < -0.3 is 19.5 Å². The standard InChI is InChI=1S/C17H21FN4O2/c1-21-9-8-20-17(21)15-12-19-7-10-22(15)16(23)6-11-24-14-4-2-13(18)3-5-14/h2-5,8-9,15,19H,6-7,10-12H2,1H3. The van der Waals surface area contributed by atoms with Crippen LogP contribution in [0.2, 0.25) is 0 Å². The van der Waals surface area contributed by atoms with Gasteiger partial charge in [-0.25, -0.2) is 9.37 Å². The normalized spacial score (nSPS) is 17.8. The van der Waals surface area contributed by atoms with Crippen LogP contribution in [0.3, 0.4) is 0 Å². The SMILES string of the molecule is Cn1ccnc1C1CNCCN1C(=O)CCOc1ccc(F)cc1. The van der Waals surface area contributed by atoms with Gasteiger partial charge in [-0.05, 0) is 24.3 Å². The summed E-state index contributed by atoms with van der Waals surface area (Å²) in [6.45, 7) is 2.37. The van der Waals surface area contributed by atoms with Crippen LogP contribution < -0.4 is 10.1 Å². The van der Waals surface area contributed by atoms with E-state index in [4.69, 9.17) is 4.74 Å². The summed E-state index contributed by atoms with van der Waals surface area (Å²) in [4.78, 5) is 18.8. The van der Waals surface area contributed by atoms with E-state index in [9.17, 15) is 9.18 Å². The number of rotatable bonds is 5. The third-order valence-electron chi connectivity index (χ3n) is 4.12. The molecule has 24 heavy (non-hydrogen) atoms. The molecular formula is C17H21FN4O2. The first-order valence-corrected chi connectivity index (χ1v) is 8.01. The van der Waals surface area contributed by atoms with E-state index in [2.05, 4.69) is 10.3 Å². The average molecular weight is 332 g/mol. The summed E-state index contributed by atoms with van der Waals surface area (Å²) in [5, 5.41) is 3.31. The lowest BCUT2D eigenvalue weighted by Gasteiger charge is -2.35. The van der Waals surface area contributed by atoms with E-state index in [1.54, 1.807) is 18.3 Å². The van der Waals surface area contributed by atoms with Crippen molar-refractivity contribution in [1.82, 2.24) is 19.8 Å². The Morgan fingerprint density at radius 2 is 2.21 bits per heavy atom. The van der Waals surface area contributed by atoms with Gasteiger partial charge in [0, 0.05) is 39.1 Å². The number of benzene rings is 1. The predicted octanol–water partition coefficient (Wildman–Crippen LogP) is 1.50. The summed E-state index contributed by atoms with van der Waals surface area (Å²) in [5.41, 5.74) is 0. The molecule has 1 fully saturated rings. The highest BCUT2D eigenvalue weighted by Gasteiger charge is 2.30. The van der Waals surface area contributed by atoms with Crippen molar-refractivity contribution >= 4 is 5.91 Å². The van der Waals surface area contributed by atoms with Gasteiger partial charge in [0.1, 0.15) is 23.4 Å². The number of ether oxygens (including phenoxy) is 1. The first-order chi connectivity index (χ1) is 11.6. The van der Waals surface area contributed by atoms with Crippen molar-refractivity contribution in [3.8, 4) is 5.75 Å². The number of piperazine rings is 1. The molecule has 2 aromatic rings. The number of amides is 1. The van der Waals surface area contributed by atoms with Crippen LogP contribution in [-0.2, 0) is 11.8 Å². The molecular weight excluding hydrogens is 311 g/mol. The van der Waals surface area contributed by atoms with Crippen LogP contribution in [0.15, 0.2) is 36.7 Å². The van der Waals surface area contributed by atoms with Crippen LogP contribution in [0.25, 0.3) is 0 Å². The van der Waals surface area contributed by atoms with E-state index >= 15 is 0 Å². The summed E-state index contributed by atoms with van der Waals surface area (Å²) in [5.74, 6) is 1.16. The average Bonchev–Trinajstić information content (AvgIpc) is 3.02. The Labute approximate surface area is 140 Å². The fourth-order valence-electron chi connectivity index (χ4n) is 2.86. The highest BCUT2D eigenvalue weighted by molar-refractivity contribution is 5.77. The minimum atomic E-state index is -0.308. The maximum absolute atomic E-state index is 12.9. The molecule has 0 saturated carbocycles. The monoisotopic (exact) mass is 332 g/mol. The molecule has 0 bridgehead atoms. The van der Waals surface area contributed by atoms with Gasteiger partial charge in [0.2, 0.25) is 5.91 Å². The number of aromatic nitrogens is 2. The number of nitrogens with zero attached hydrogens (tertiary/aromatic N) is 3. The molecule has 1 unspecified atom stereocenters. The fraction of sp³-hybridized carbons (Fsp3) is 0.412. The molecule has 1 aliphatic rings. The molecule has 1 saturated heterocycles. The Hall–Kier alpha value is -2.41. The molecule has 1 amide bonds. The van der Waals surface area contributed by atoms with E-state index < -0.39 is 0 Å². The van der Waals surface area contributed by atoms with Crippen LogP contribution in [0.1, 0.15) is 18.3 Å². The quantitative estimate of drug-likeness (QED) is 0.901. The molecule has 1 N–H and O–H groups in total. The van der Waals surface area contributed by atoms with E-state index in [1.807, 2.05) is 22.7 Å². The van der Waals surface area contributed by atoms with Gasteiger partial charge in [0.25, 0.3) is 0 Å². The van der Waals surface area contributed by atoms with Crippen molar-refractivity contribution in [1.29, 1.82) is 0 Å². The smallest absolute Gasteiger partial charge is 0.226 e. The Balaban J connectivity index is 1.58. The van der Waals surface area contributed by atoms with E-state index in [-0.39, 0.29) is 30.8 Å². The fourth-order valence-corrected chi connectivity index (χ4v) is 2.86. The summed E-state index contributed by atoms with van der Waals surface area (Å²) in [7, 11) is 1.93. The van der Waals surface area contributed by atoms with Gasteiger partial charge in [-0.3, -0.25) is 4.79 Å². The van der Waals surface area contributed by atoms with Crippen molar-refractivity contribution in [2.45, 2.75) is 12.5 Å². The molecule has 1 aromatic carbocycles. The Morgan fingerprint density at radius 3 is 2.92 bits per heavy atom. The predicted molar refractivity (Wildman–Crippen MR) is 87.0 cm³/mol. The van der Waals surface area contributed by atoms with Gasteiger partial charge in [-0.1, -0.05) is 0 Å².